The van der Waals surface area contributed by atoms with Crippen molar-refractivity contribution < 1.29 is 20.1 Å². The van der Waals surface area contributed by atoms with Gasteiger partial charge in [0, 0.05) is 14.1 Å². The van der Waals surface area contributed by atoms with Crippen LogP contribution in [-0.2, 0) is 25.3 Å². The van der Waals surface area contributed by atoms with E-state index >= 15 is 0 Å². The maximum absolute atomic E-state index is 11.4. The fourth-order valence-electron chi connectivity index (χ4n) is 2.31. The van der Waals surface area contributed by atoms with Gasteiger partial charge in [-0.3, -0.25) is 18.7 Å². The molecule has 0 unspecified atom stereocenters. The van der Waals surface area contributed by atoms with E-state index in [2.05, 4.69) is 9.97 Å². The van der Waals surface area contributed by atoms with E-state index in [0.717, 1.165) is 4.57 Å². The Bertz CT molecular complexity index is 1100. The van der Waals surface area contributed by atoms with Crippen LogP contribution in [0.4, 0.5) is 0 Å². The predicted octanol–water partition coefficient (Wildman–Crippen LogP) is -0.987. The summed E-state index contributed by atoms with van der Waals surface area (Å²) in [5, 5.41) is 26.6. The molecule has 2 heterocycles. The third kappa shape index (κ3) is 4.15. The second-order valence-electron chi connectivity index (χ2n) is 5.78. The highest BCUT2D eigenvalue weighted by Gasteiger charge is 2.13. The van der Waals surface area contributed by atoms with Gasteiger partial charge in [0.2, 0.25) is 0 Å². The van der Waals surface area contributed by atoms with Crippen molar-refractivity contribution in [1.29, 1.82) is 0 Å². The summed E-state index contributed by atoms with van der Waals surface area (Å²) in [6.07, 6.45) is 1.51. The molecule has 0 aliphatic heterocycles. The zero-order chi connectivity index (χ0) is 20.3. The predicted molar refractivity (Wildman–Crippen MR) is 95.7 cm³/mol. The second-order valence-corrected chi connectivity index (χ2v) is 5.78. The molecule has 0 aliphatic rings. The molecule has 3 aromatic rings. The highest BCUT2D eigenvalue weighted by molar-refractivity contribution is 5.73. The third-order valence-electron chi connectivity index (χ3n) is 3.84. The van der Waals surface area contributed by atoms with Gasteiger partial charge in [-0.15, -0.1) is 0 Å². The molecular formula is C16H19N5O6. The number of imidazole rings is 1. The van der Waals surface area contributed by atoms with Gasteiger partial charge in [0.05, 0.1) is 6.33 Å². The van der Waals surface area contributed by atoms with Crippen LogP contribution in [0, 0.1) is 0 Å². The molecule has 0 saturated carbocycles. The Balaban J connectivity index is 0.000000194. The molecule has 11 nitrogen and oxygen atoms in total. The summed E-state index contributed by atoms with van der Waals surface area (Å²) in [5.74, 6) is -1.62. The first-order valence-corrected chi connectivity index (χ1v) is 7.71. The van der Waals surface area contributed by atoms with Crippen molar-refractivity contribution in [3.8, 4) is 11.5 Å². The maximum atomic E-state index is 11.4. The summed E-state index contributed by atoms with van der Waals surface area (Å²) >= 11 is 0. The van der Waals surface area contributed by atoms with Gasteiger partial charge < -0.3 is 26.0 Å². The molecule has 1 aromatic carbocycles. The fourth-order valence-corrected chi connectivity index (χ4v) is 2.31. The normalized spacial score (nSPS) is 11.7. The zero-order valence-corrected chi connectivity index (χ0v) is 14.6. The number of aliphatic carboxylic acids is 1. The lowest BCUT2D eigenvalue weighted by molar-refractivity contribution is -0.138. The number of H-pyrrole nitrogens is 1. The lowest BCUT2D eigenvalue weighted by atomic mass is 10.1. The SMILES string of the molecule is Cn1c(=O)c2[nH]cnc2n(C)c1=O.N[C@H](Cc1ccc(O)c(O)c1)C(=O)O. The molecule has 0 radical (unpaired) electrons. The number of aryl methyl sites for hydroxylation is 1. The average Bonchev–Trinajstić information content (AvgIpc) is 3.11. The number of hydrogen-bond donors (Lipinski definition) is 5. The number of carbonyl (C=O) groups is 1. The largest absolute Gasteiger partial charge is 0.504 e. The number of aromatic amines is 1. The van der Waals surface area contributed by atoms with Gasteiger partial charge in [-0.25, -0.2) is 9.78 Å². The van der Waals surface area contributed by atoms with Crippen LogP contribution in [0.3, 0.4) is 0 Å². The van der Waals surface area contributed by atoms with Crippen molar-refractivity contribution in [2.45, 2.75) is 12.5 Å². The van der Waals surface area contributed by atoms with Crippen LogP contribution >= 0.6 is 0 Å². The molecule has 27 heavy (non-hydrogen) atoms. The van der Waals surface area contributed by atoms with E-state index in [-0.39, 0.29) is 29.2 Å². The molecule has 0 bridgehead atoms. The number of phenolic OH excluding ortho intramolecular Hbond substituents is 2. The summed E-state index contributed by atoms with van der Waals surface area (Å²) in [4.78, 5) is 39.8. The Hall–Kier alpha value is -3.60. The van der Waals surface area contributed by atoms with Crippen LogP contribution in [0.1, 0.15) is 5.56 Å². The molecule has 0 spiro atoms. The number of aromatic hydroxyl groups is 2. The number of carboxylic acids is 1. The Labute approximate surface area is 151 Å². The number of aromatic nitrogens is 4. The minimum Gasteiger partial charge on any atom is -0.504 e. The Morgan fingerprint density at radius 3 is 2.48 bits per heavy atom. The van der Waals surface area contributed by atoms with E-state index in [1.165, 1.54) is 36.1 Å². The number of fused-ring (bicyclic) bond motifs is 1. The minimum atomic E-state index is -1.10. The molecule has 11 heteroatoms. The van der Waals surface area contributed by atoms with Crippen molar-refractivity contribution >= 4 is 17.1 Å². The molecule has 1 atom stereocenters. The highest BCUT2D eigenvalue weighted by atomic mass is 16.4. The van der Waals surface area contributed by atoms with Crippen molar-refractivity contribution in [3.63, 3.8) is 0 Å². The lowest BCUT2D eigenvalue weighted by Gasteiger charge is -2.06. The van der Waals surface area contributed by atoms with Gasteiger partial charge in [-0.1, -0.05) is 6.07 Å². The molecule has 3 rings (SSSR count). The fraction of sp³-hybridized carbons (Fsp3) is 0.250. The summed E-state index contributed by atoms with van der Waals surface area (Å²) in [6, 6.07) is 3.09. The van der Waals surface area contributed by atoms with Crippen molar-refractivity contribution in [3.05, 3.63) is 50.9 Å². The summed E-state index contributed by atoms with van der Waals surface area (Å²) in [7, 11) is 3.01. The Morgan fingerprint density at radius 2 is 1.89 bits per heavy atom. The molecule has 0 amide bonds. The lowest BCUT2D eigenvalue weighted by Crippen LogP contribution is -2.36. The molecular weight excluding hydrogens is 358 g/mol. The van der Waals surface area contributed by atoms with Crippen LogP contribution in [0.15, 0.2) is 34.1 Å². The topological polar surface area (TPSA) is 176 Å². The van der Waals surface area contributed by atoms with Crippen LogP contribution < -0.4 is 17.0 Å². The zero-order valence-electron chi connectivity index (χ0n) is 14.6. The number of nitrogens with zero attached hydrogens (tertiary/aromatic N) is 3. The molecule has 2 aromatic heterocycles. The van der Waals surface area contributed by atoms with E-state index in [1.54, 1.807) is 7.05 Å². The minimum absolute atomic E-state index is 0.114. The number of rotatable bonds is 3. The summed E-state index contributed by atoms with van der Waals surface area (Å²) < 4.78 is 2.37. The van der Waals surface area contributed by atoms with E-state index in [1.807, 2.05) is 0 Å². The number of carboxylic acid groups (broad SMARTS) is 1. The third-order valence-corrected chi connectivity index (χ3v) is 3.84. The van der Waals surface area contributed by atoms with Crippen LogP contribution in [0.5, 0.6) is 11.5 Å². The van der Waals surface area contributed by atoms with Crippen molar-refractivity contribution in [2.24, 2.45) is 19.8 Å². The Morgan fingerprint density at radius 1 is 1.22 bits per heavy atom. The van der Waals surface area contributed by atoms with Gasteiger partial charge >= 0.3 is 11.7 Å². The molecule has 0 aliphatic carbocycles. The first-order chi connectivity index (χ1) is 12.6. The van der Waals surface area contributed by atoms with Gasteiger partial charge in [0.1, 0.15) is 11.6 Å². The van der Waals surface area contributed by atoms with E-state index in [0.29, 0.717) is 16.7 Å². The molecule has 0 saturated heterocycles. The van der Waals surface area contributed by atoms with E-state index in [9.17, 15) is 14.4 Å². The standard InChI is InChI=1S/C9H11NO4.C7H8N4O2/c10-6(9(13)14)3-5-1-2-7(11)8(12)4-5;1-10-5-4(8-3-9-5)6(12)11(2)7(10)13/h1-2,4,6,11-12H,3,10H2,(H,13,14);3H,1-2H3,(H,8,9)/t6-;/m1./s1. The number of benzene rings is 1. The van der Waals surface area contributed by atoms with Crippen molar-refractivity contribution in [1.82, 2.24) is 19.1 Å². The molecule has 0 fully saturated rings. The summed E-state index contributed by atoms with van der Waals surface area (Å²) in [5.41, 5.74) is 5.87. The number of nitrogens with one attached hydrogen (secondary N) is 1. The van der Waals surface area contributed by atoms with Gasteiger partial charge in [0.15, 0.2) is 17.1 Å². The summed E-state index contributed by atoms with van der Waals surface area (Å²) in [6.45, 7) is 0. The smallest absolute Gasteiger partial charge is 0.332 e. The van der Waals surface area contributed by atoms with Gasteiger partial charge in [-0.2, -0.15) is 0 Å². The van der Waals surface area contributed by atoms with E-state index in [4.69, 9.17) is 21.1 Å². The second kappa shape index (κ2) is 7.74. The maximum Gasteiger partial charge on any atom is 0.332 e. The molecule has 6 N–H and O–H groups in total. The van der Waals surface area contributed by atoms with Gasteiger partial charge in [-0.05, 0) is 24.1 Å². The highest BCUT2D eigenvalue weighted by Crippen LogP contribution is 2.25. The first kappa shape index (κ1) is 19.7. The average molecular weight is 377 g/mol. The van der Waals surface area contributed by atoms with Crippen molar-refractivity contribution in [2.75, 3.05) is 0 Å². The number of phenols is 2. The quantitative estimate of drug-likeness (QED) is 0.361. The van der Waals surface area contributed by atoms with Crippen LogP contribution in [0.25, 0.3) is 11.2 Å². The first-order valence-electron chi connectivity index (χ1n) is 7.71. The molecule has 144 valence electrons. The van der Waals surface area contributed by atoms with Crippen LogP contribution in [-0.4, -0.2) is 46.4 Å². The monoisotopic (exact) mass is 377 g/mol. The Kier molecular flexibility index (Phi) is 5.66. The van der Waals surface area contributed by atoms with Crippen LogP contribution in [0.2, 0.25) is 0 Å². The van der Waals surface area contributed by atoms with Gasteiger partial charge in [0.25, 0.3) is 5.56 Å². The number of nitrogens with two attached hydrogens (primary N) is 1. The number of hydrogen-bond acceptors (Lipinski definition) is 7. The van der Waals surface area contributed by atoms with E-state index < -0.39 is 12.0 Å².